The lowest BCUT2D eigenvalue weighted by Gasteiger charge is -2.24. The molecule has 0 saturated heterocycles. The molecule has 0 saturated carbocycles. The smallest absolute Gasteiger partial charge is 0.126 e. The van der Waals surface area contributed by atoms with Gasteiger partial charge in [0, 0.05) is 5.54 Å². The minimum atomic E-state index is -0.172. The molecule has 0 bridgehead atoms. The van der Waals surface area contributed by atoms with Gasteiger partial charge in [-0.3, -0.25) is 0 Å². The molecule has 0 amide bonds. The lowest BCUT2D eigenvalue weighted by atomic mass is 9.94. The van der Waals surface area contributed by atoms with Crippen LogP contribution in [0, 0.1) is 12.7 Å². The summed E-state index contributed by atoms with van der Waals surface area (Å²) in [5.41, 5.74) is 1.49. The largest absolute Gasteiger partial charge is 0.311 e. The molecule has 0 aliphatic rings. The second-order valence-corrected chi connectivity index (χ2v) is 3.84. The molecule has 2 heteroatoms. The molecule has 0 heterocycles. The van der Waals surface area contributed by atoms with Crippen LogP contribution in [0.15, 0.2) is 18.2 Å². The average molecular weight is 181 g/mol. The van der Waals surface area contributed by atoms with Gasteiger partial charge in [0.05, 0.1) is 0 Å². The number of nitrogens with one attached hydrogen (secondary N) is 1. The first-order valence-corrected chi connectivity index (χ1v) is 4.43. The fourth-order valence-electron chi connectivity index (χ4n) is 1.13. The summed E-state index contributed by atoms with van der Waals surface area (Å²) in [6.07, 6.45) is 0. The molecule has 1 aromatic carbocycles. The predicted octanol–water partition coefficient (Wildman–Crippen LogP) is 2.59. The van der Waals surface area contributed by atoms with Crippen molar-refractivity contribution in [1.82, 2.24) is 5.32 Å². The number of halogens is 1. The molecule has 0 spiro atoms. The maximum atomic E-state index is 13.2. The minimum absolute atomic E-state index is 0.138. The first kappa shape index (κ1) is 10.2. The third-order valence-electron chi connectivity index (χ3n) is 2.52. The Morgan fingerprint density at radius 1 is 1.31 bits per heavy atom. The zero-order chi connectivity index (χ0) is 10.1. The fourth-order valence-corrected chi connectivity index (χ4v) is 1.13. The van der Waals surface area contributed by atoms with E-state index in [1.54, 1.807) is 13.0 Å². The second-order valence-electron chi connectivity index (χ2n) is 3.84. The van der Waals surface area contributed by atoms with Crippen molar-refractivity contribution in [1.29, 1.82) is 0 Å². The Bertz CT molecular complexity index is 305. The number of hydrogen-bond acceptors (Lipinski definition) is 1. The fraction of sp³-hybridized carbons (Fsp3) is 0.455. The molecule has 0 aliphatic heterocycles. The van der Waals surface area contributed by atoms with Gasteiger partial charge in [0.25, 0.3) is 0 Å². The van der Waals surface area contributed by atoms with Crippen molar-refractivity contribution in [3.8, 4) is 0 Å². The highest BCUT2D eigenvalue weighted by atomic mass is 19.1. The molecule has 1 N–H and O–H groups in total. The van der Waals surface area contributed by atoms with Crippen LogP contribution in [-0.4, -0.2) is 7.05 Å². The van der Waals surface area contributed by atoms with Crippen LogP contribution in [0.3, 0.4) is 0 Å². The Balaban J connectivity index is 3.10. The SMILES string of the molecule is CNC(C)(C)c1ccc(C)c(F)c1. The van der Waals surface area contributed by atoms with Gasteiger partial charge in [0.2, 0.25) is 0 Å². The first-order valence-electron chi connectivity index (χ1n) is 4.43. The molecular formula is C11H16FN. The summed E-state index contributed by atoms with van der Waals surface area (Å²) in [7, 11) is 1.87. The van der Waals surface area contributed by atoms with Crippen molar-refractivity contribution >= 4 is 0 Å². The number of aryl methyl sites for hydroxylation is 1. The molecule has 13 heavy (non-hydrogen) atoms. The molecule has 0 fully saturated rings. The summed E-state index contributed by atoms with van der Waals surface area (Å²) >= 11 is 0. The van der Waals surface area contributed by atoms with Crippen LogP contribution in [0.25, 0.3) is 0 Å². The van der Waals surface area contributed by atoms with Crippen LogP contribution >= 0.6 is 0 Å². The Morgan fingerprint density at radius 3 is 2.38 bits per heavy atom. The third kappa shape index (κ3) is 2.07. The number of rotatable bonds is 2. The van der Waals surface area contributed by atoms with Crippen LogP contribution in [0.4, 0.5) is 4.39 Å². The first-order chi connectivity index (χ1) is 5.97. The Morgan fingerprint density at radius 2 is 1.92 bits per heavy atom. The van der Waals surface area contributed by atoms with Crippen molar-refractivity contribution in [2.45, 2.75) is 26.3 Å². The molecule has 72 valence electrons. The van der Waals surface area contributed by atoms with E-state index in [2.05, 4.69) is 5.32 Å². The standard InChI is InChI=1S/C11H16FN/c1-8-5-6-9(7-10(8)12)11(2,3)13-4/h5-7,13H,1-4H3. The van der Waals surface area contributed by atoms with Gasteiger partial charge in [-0.05, 0) is 45.0 Å². The summed E-state index contributed by atoms with van der Waals surface area (Å²) in [6, 6.07) is 5.35. The summed E-state index contributed by atoms with van der Waals surface area (Å²) in [6.45, 7) is 5.82. The zero-order valence-corrected chi connectivity index (χ0v) is 8.61. The summed E-state index contributed by atoms with van der Waals surface area (Å²) in [5, 5.41) is 3.14. The van der Waals surface area contributed by atoms with Gasteiger partial charge in [0.15, 0.2) is 0 Å². The van der Waals surface area contributed by atoms with Crippen molar-refractivity contribution < 1.29 is 4.39 Å². The monoisotopic (exact) mass is 181 g/mol. The molecule has 0 aromatic heterocycles. The molecule has 1 rings (SSSR count). The molecule has 0 unspecified atom stereocenters. The summed E-state index contributed by atoms with van der Waals surface area (Å²) in [4.78, 5) is 0. The Hall–Kier alpha value is -0.890. The van der Waals surface area contributed by atoms with Crippen LogP contribution in [0.5, 0.6) is 0 Å². The molecule has 0 aliphatic carbocycles. The number of benzene rings is 1. The van der Waals surface area contributed by atoms with Gasteiger partial charge in [-0.2, -0.15) is 0 Å². The van der Waals surface area contributed by atoms with Gasteiger partial charge in [-0.25, -0.2) is 4.39 Å². The second kappa shape index (κ2) is 3.46. The highest BCUT2D eigenvalue weighted by Gasteiger charge is 2.18. The normalized spacial score (nSPS) is 11.8. The topological polar surface area (TPSA) is 12.0 Å². The Kier molecular flexibility index (Phi) is 2.71. The van der Waals surface area contributed by atoms with Crippen molar-refractivity contribution in [2.24, 2.45) is 0 Å². The Labute approximate surface area is 79.0 Å². The van der Waals surface area contributed by atoms with Gasteiger partial charge in [-0.15, -0.1) is 0 Å². The van der Waals surface area contributed by atoms with E-state index < -0.39 is 0 Å². The van der Waals surface area contributed by atoms with Gasteiger partial charge >= 0.3 is 0 Å². The van der Waals surface area contributed by atoms with Crippen molar-refractivity contribution in [2.75, 3.05) is 7.05 Å². The number of hydrogen-bond donors (Lipinski definition) is 1. The maximum Gasteiger partial charge on any atom is 0.126 e. The minimum Gasteiger partial charge on any atom is -0.311 e. The molecular weight excluding hydrogens is 165 g/mol. The predicted molar refractivity (Wildman–Crippen MR) is 53.2 cm³/mol. The highest BCUT2D eigenvalue weighted by Crippen LogP contribution is 2.21. The van der Waals surface area contributed by atoms with Crippen LogP contribution in [0.1, 0.15) is 25.0 Å². The molecule has 1 aromatic rings. The van der Waals surface area contributed by atoms with E-state index in [9.17, 15) is 4.39 Å². The average Bonchev–Trinajstić information content (AvgIpc) is 2.09. The van der Waals surface area contributed by atoms with E-state index in [1.807, 2.05) is 33.0 Å². The van der Waals surface area contributed by atoms with Gasteiger partial charge in [-0.1, -0.05) is 12.1 Å². The van der Waals surface area contributed by atoms with Crippen molar-refractivity contribution in [3.63, 3.8) is 0 Å². The van der Waals surface area contributed by atoms with E-state index in [0.29, 0.717) is 5.56 Å². The van der Waals surface area contributed by atoms with E-state index in [4.69, 9.17) is 0 Å². The van der Waals surface area contributed by atoms with Crippen LogP contribution < -0.4 is 5.32 Å². The van der Waals surface area contributed by atoms with E-state index >= 15 is 0 Å². The van der Waals surface area contributed by atoms with E-state index in [1.165, 1.54) is 0 Å². The van der Waals surface area contributed by atoms with E-state index in [-0.39, 0.29) is 11.4 Å². The zero-order valence-electron chi connectivity index (χ0n) is 8.61. The van der Waals surface area contributed by atoms with Crippen LogP contribution in [0.2, 0.25) is 0 Å². The maximum absolute atomic E-state index is 13.2. The molecule has 0 radical (unpaired) electrons. The van der Waals surface area contributed by atoms with Crippen molar-refractivity contribution in [3.05, 3.63) is 35.1 Å². The molecule has 1 nitrogen and oxygen atoms in total. The van der Waals surface area contributed by atoms with Crippen LogP contribution in [-0.2, 0) is 5.54 Å². The lowest BCUT2D eigenvalue weighted by molar-refractivity contribution is 0.441. The quantitative estimate of drug-likeness (QED) is 0.739. The summed E-state index contributed by atoms with van der Waals surface area (Å²) in [5.74, 6) is -0.138. The van der Waals surface area contributed by atoms with E-state index in [0.717, 1.165) is 5.56 Å². The van der Waals surface area contributed by atoms with Gasteiger partial charge < -0.3 is 5.32 Å². The van der Waals surface area contributed by atoms with Gasteiger partial charge in [0.1, 0.15) is 5.82 Å². The lowest BCUT2D eigenvalue weighted by Crippen LogP contribution is -2.33. The molecule has 0 atom stereocenters. The highest BCUT2D eigenvalue weighted by molar-refractivity contribution is 5.28. The summed E-state index contributed by atoms with van der Waals surface area (Å²) < 4.78 is 13.2. The third-order valence-corrected chi connectivity index (χ3v) is 2.52.